The number of pyridine rings is 2. The lowest BCUT2D eigenvalue weighted by Crippen LogP contribution is -2.23. The van der Waals surface area contributed by atoms with E-state index in [1.165, 1.54) is 19.3 Å². The van der Waals surface area contributed by atoms with Gasteiger partial charge >= 0.3 is 0 Å². The van der Waals surface area contributed by atoms with E-state index in [2.05, 4.69) is 34.4 Å². The Morgan fingerprint density at radius 3 is 2.90 bits per heavy atom. The van der Waals surface area contributed by atoms with Gasteiger partial charge in [0.05, 0.1) is 11.0 Å². The van der Waals surface area contributed by atoms with Gasteiger partial charge in [-0.3, -0.25) is 9.78 Å². The molecule has 150 valence electrons. The highest BCUT2D eigenvalue weighted by Gasteiger charge is 2.08. The summed E-state index contributed by atoms with van der Waals surface area (Å²) in [6.07, 6.45) is 10.8. The minimum Gasteiger partial charge on any atom is -0.490 e. The minimum absolute atomic E-state index is 0.211. The van der Waals surface area contributed by atoms with E-state index in [1.807, 2.05) is 42.5 Å². The Balaban J connectivity index is 1.49. The van der Waals surface area contributed by atoms with Crippen LogP contribution >= 0.6 is 0 Å². The lowest BCUT2D eigenvalue weighted by molar-refractivity contribution is 0.0946. The van der Waals surface area contributed by atoms with Crippen LogP contribution in [0.3, 0.4) is 0 Å². The van der Waals surface area contributed by atoms with Gasteiger partial charge in [0, 0.05) is 12.7 Å². The Hall–Kier alpha value is -3.21. The van der Waals surface area contributed by atoms with Crippen molar-refractivity contribution in [1.29, 1.82) is 0 Å². The maximum absolute atomic E-state index is 12.4. The number of fused-ring (bicyclic) bond motifs is 1. The van der Waals surface area contributed by atoms with E-state index in [4.69, 9.17) is 4.74 Å². The van der Waals surface area contributed by atoms with E-state index in [1.54, 1.807) is 12.3 Å². The Morgan fingerprint density at radius 2 is 2.00 bits per heavy atom. The lowest BCUT2D eigenvalue weighted by Gasteiger charge is -2.08. The van der Waals surface area contributed by atoms with Crippen molar-refractivity contribution in [2.75, 3.05) is 6.61 Å². The molecule has 3 rings (SSSR count). The summed E-state index contributed by atoms with van der Waals surface area (Å²) in [5.41, 5.74) is 2.84. The minimum atomic E-state index is -0.211. The number of hydrogen-bond acceptors (Lipinski definition) is 4. The molecular weight excluding hydrogens is 362 g/mol. The molecule has 0 spiro atoms. The smallest absolute Gasteiger partial charge is 0.270 e. The third kappa shape index (κ3) is 6.42. The molecule has 2 heterocycles. The van der Waals surface area contributed by atoms with Crippen molar-refractivity contribution in [1.82, 2.24) is 15.3 Å². The monoisotopic (exact) mass is 389 g/mol. The highest BCUT2D eigenvalue weighted by atomic mass is 16.5. The Kier molecular flexibility index (Phi) is 7.75. The summed E-state index contributed by atoms with van der Waals surface area (Å²) in [5, 5.41) is 2.91. The van der Waals surface area contributed by atoms with Crippen molar-refractivity contribution in [3.63, 3.8) is 0 Å². The first kappa shape index (κ1) is 20.5. The van der Waals surface area contributed by atoms with Crippen molar-refractivity contribution in [2.45, 2.75) is 39.2 Å². The van der Waals surface area contributed by atoms with Crippen molar-refractivity contribution in [3.05, 3.63) is 78.1 Å². The van der Waals surface area contributed by atoms with Crippen LogP contribution in [0, 0.1) is 0 Å². The molecule has 0 saturated carbocycles. The second-order valence-corrected chi connectivity index (χ2v) is 6.85. The number of hydrogen-bond donors (Lipinski definition) is 1. The van der Waals surface area contributed by atoms with Crippen LogP contribution in [0.4, 0.5) is 0 Å². The average Bonchev–Trinajstić information content (AvgIpc) is 2.77. The molecule has 1 aromatic carbocycles. The summed E-state index contributed by atoms with van der Waals surface area (Å²) < 4.78 is 5.77. The molecule has 0 radical (unpaired) electrons. The number of allylic oxidation sites excluding steroid dienone is 1. The standard InChI is InChI=1S/C24H27N3O2/c1-2-3-4-5-6-7-16-29-20-11-8-10-19(17-20)18-26-24(28)23-14-13-21-22(27-23)12-9-15-25-21/h6-15,17H,2-5,16,18H2,1H3,(H,26,28). The second kappa shape index (κ2) is 11.0. The fourth-order valence-electron chi connectivity index (χ4n) is 2.94. The number of ether oxygens (including phenoxy) is 1. The molecule has 2 aromatic heterocycles. The van der Waals surface area contributed by atoms with Gasteiger partial charge in [0.25, 0.3) is 5.91 Å². The molecule has 0 aliphatic carbocycles. The van der Waals surface area contributed by atoms with Gasteiger partial charge in [0.2, 0.25) is 0 Å². The molecule has 5 heteroatoms. The summed E-state index contributed by atoms with van der Waals surface area (Å²) in [5.74, 6) is 0.585. The van der Waals surface area contributed by atoms with E-state index in [9.17, 15) is 4.79 Å². The van der Waals surface area contributed by atoms with Crippen molar-refractivity contribution in [2.24, 2.45) is 0 Å². The van der Waals surface area contributed by atoms with Gasteiger partial charge in [-0.2, -0.15) is 0 Å². The Labute approximate surface area is 171 Å². The summed E-state index contributed by atoms with van der Waals surface area (Å²) in [6.45, 7) is 3.17. The van der Waals surface area contributed by atoms with Crippen LogP contribution in [0.5, 0.6) is 5.75 Å². The number of nitrogens with one attached hydrogen (secondary N) is 1. The molecule has 0 atom stereocenters. The Bertz CT molecular complexity index is 969. The van der Waals surface area contributed by atoms with Crippen LogP contribution in [0.2, 0.25) is 0 Å². The second-order valence-electron chi connectivity index (χ2n) is 6.85. The molecule has 0 fully saturated rings. The number of rotatable bonds is 10. The van der Waals surface area contributed by atoms with E-state index < -0.39 is 0 Å². The zero-order chi connectivity index (χ0) is 20.3. The van der Waals surface area contributed by atoms with Gasteiger partial charge in [0.15, 0.2) is 0 Å². The number of amides is 1. The van der Waals surface area contributed by atoms with Crippen LogP contribution < -0.4 is 10.1 Å². The first-order valence-corrected chi connectivity index (χ1v) is 10.1. The van der Waals surface area contributed by atoms with Crippen molar-refractivity contribution < 1.29 is 9.53 Å². The van der Waals surface area contributed by atoms with Gasteiger partial charge < -0.3 is 10.1 Å². The van der Waals surface area contributed by atoms with E-state index in [0.717, 1.165) is 23.3 Å². The number of unbranched alkanes of at least 4 members (excludes halogenated alkanes) is 3. The van der Waals surface area contributed by atoms with Gasteiger partial charge in [0.1, 0.15) is 18.1 Å². The zero-order valence-corrected chi connectivity index (χ0v) is 16.8. The number of benzene rings is 1. The normalized spacial score (nSPS) is 11.1. The number of nitrogens with zero attached hydrogens (tertiary/aromatic N) is 2. The first-order valence-electron chi connectivity index (χ1n) is 10.1. The van der Waals surface area contributed by atoms with Gasteiger partial charge in [-0.05, 0) is 54.8 Å². The van der Waals surface area contributed by atoms with Crippen LogP contribution in [0.15, 0.2) is 66.9 Å². The predicted octanol–water partition coefficient (Wildman–Crippen LogP) is 5.08. The molecule has 0 aliphatic rings. The molecule has 5 nitrogen and oxygen atoms in total. The third-order valence-corrected chi connectivity index (χ3v) is 4.53. The summed E-state index contributed by atoms with van der Waals surface area (Å²) >= 11 is 0. The quantitative estimate of drug-likeness (QED) is 0.388. The molecule has 0 unspecified atom stereocenters. The highest BCUT2D eigenvalue weighted by molar-refractivity contribution is 5.94. The maximum atomic E-state index is 12.4. The molecule has 0 aliphatic heterocycles. The topological polar surface area (TPSA) is 64.1 Å². The van der Waals surface area contributed by atoms with Crippen LogP contribution in [-0.2, 0) is 6.54 Å². The predicted molar refractivity (Wildman–Crippen MR) is 116 cm³/mol. The fraction of sp³-hybridized carbons (Fsp3) is 0.292. The zero-order valence-electron chi connectivity index (χ0n) is 16.8. The maximum Gasteiger partial charge on any atom is 0.270 e. The molecule has 0 saturated heterocycles. The SMILES string of the molecule is CCCCCC=CCOc1cccc(CNC(=O)c2ccc3ncccc3n2)c1. The molecule has 1 amide bonds. The highest BCUT2D eigenvalue weighted by Crippen LogP contribution is 2.14. The summed E-state index contributed by atoms with van der Waals surface area (Å²) in [7, 11) is 0. The first-order chi connectivity index (χ1) is 14.3. The molecule has 0 bridgehead atoms. The largest absolute Gasteiger partial charge is 0.490 e. The number of aromatic nitrogens is 2. The van der Waals surface area contributed by atoms with E-state index in [-0.39, 0.29) is 5.91 Å². The summed E-state index contributed by atoms with van der Waals surface area (Å²) in [6, 6.07) is 14.9. The molecule has 3 aromatic rings. The lowest BCUT2D eigenvalue weighted by atomic mass is 10.2. The van der Waals surface area contributed by atoms with Gasteiger partial charge in [-0.15, -0.1) is 0 Å². The number of carbonyl (C=O) groups excluding carboxylic acids is 1. The third-order valence-electron chi connectivity index (χ3n) is 4.53. The van der Waals surface area contributed by atoms with Gasteiger partial charge in [-0.25, -0.2) is 4.98 Å². The Morgan fingerprint density at radius 1 is 1.07 bits per heavy atom. The van der Waals surface area contributed by atoms with Crippen LogP contribution in [-0.4, -0.2) is 22.5 Å². The van der Waals surface area contributed by atoms with Crippen LogP contribution in [0.25, 0.3) is 11.0 Å². The summed E-state index contributed by atoms with van der Waals surface area (Å²) in [4.78, 5) is 21.0. The molecule has 29 heavy (non-hydrogen) atoms. The molecular formula is C24H27N3O2. The van der Waals surface area contributed by atoms with Crippen molar-refractivity contribution in [3.8, 4) is 5.75 Å². The average molecular weight is 389 g/mol. The van der Waals surface area contributed by atoms with Crippen LogP contribution in [0.1, 0.15) is 48.7 Å². The van der Waals surface area contributed by atoms with E-state index in [0.29, 0.717) is 24.4 Å². The van der Waals surface area contributed by atoms with Gasteiger partial charge in [-0.1, -0.05) is 44.1 Å². The van der Waals surface area contributed by atoms with Crippen molar-refractivity contribution >= 4 is 16.9 Å². The van der Waals surface area contributed by atoms with E-state index >= 15 is 0 Å². The fourth-order valence-corrected chi connectivity index (χ4v) is 2.94. The number of carbonyl (C=O) groups is 1. The molecule has 1 N–H and O–H groups in total.